The molecule has 1 unspecified atom stereocenters. The summed E-state index contributed by atoms with van der Waals surface area (Å²) < 4.78 is 0. The van der Waals surface area contributed by atoms with Crippen molar-refractivity contribution in [3.63, 3.8) is 0 Å². The third-order valence-corrected chi connectivity index (χ3v) is 4.65. The van der Waals surface area contributed by atoms with E-state index in [9.17, 15) is 0 Å². The molecule has 1 atom stereocenters. The molecule has 21 heavy (non-hydrogen) atoms. The summed E-state index contributed by atoms with van der Waals surface area (Å²) in [6, 6.07) is 15.6. The number of hydrogen-bond donors (Lipinski definition) is 1. The number of benzene rings is 1. The lowest BCUT2D eigenvalue weighted by Crippen LogP contribution is -2.29. The van der Waals surface area contributed by atoms with Crippen LogP contribution in [0.4, 0.5) is 0 Å². The van der Waals surface area contributed by atoms with Crippen molar-refractivity contribution in [2.45, 2.75) is 32.9 Å². The van der Waals surface area contributed by atoms with Crippen LogP contribution in [-0.2, 0) is 6.54 Å². The van der Waals surface area contributed by atoms with Crippen LogP contribution in [-0.4, -0.2) is 24.5 Å². The fourth-order valence-corrected chi connectivity index (χ4v) is 3.35. The summed E-state index contributed by atoms with van der Waals surface area (Å²) in [5.41, 5.74) is 1.39. The molecular formula is C18H26N2S. The van der Waals surface area contributed by atoms with Crippen molar-refractivity contribution in [3.8, 4) is 0 Å². The van der Waals surface area contributed by atoms with Crippen molar-refractivity contribution in [2.24, 2.45) is 0 Å². The van der Waals surface area contributed by atoms with Crippen LogP contribution in [0.2, 0.25) is 0 Å². The Labute approximate surface area is 132 Å². The highest BCUT2D eigenvalue weighted by Gasteiger charge is 2.12. The summed E-state index contributed by atoms with van der Waals surface area (Å²) in [6.07, 6.45) is 1.15. The molecule has 2 aromatic rings. The van der Waals surface area contributed by atoms with Gasteiger partial charge in [-0.05, 0) is 36.5 Å². The van der Waals surface area contributed by atoms with Crippen LogP contribution in [0.1, 0.15) is 36.8 Å². The van der Waals surface area contributed by atoms with Crippen molar-refractivity contribution < 1.29 is 0 Å². The Bertz CT molecular complexity index is 481. The predicted octanol–water partition coefficient (Wildman–Crippen LogP) is 4.31. The highest BCUT2D eigenvalue weighted by molar-refractivity contribution is 7.09. The summed E-state index contributed by atoms with van der Waals surface area (Å²) in [5, 5.41) is 5.77. The Balaban J connectivity index is 1.90. The van der Waals surface area contributed by atoms with Gasteiger partial charge in [0.25, 0.3) is 0 Å². The lowest BCUT2D eigenvalue weighted by molar-refractivity contribution is 0.263. The van der Waals surface area contributed by atoms with Crippen molar-refractivity contribution in [1.29, 1.82) is 0 Å². The molecular weight excluding hydrogens is 276 g/mol. The molecule has 0 amide bonds. The monoisotopic (exact) mass is 302 g/mol. The van der Waals surface area contributed by atoms with E-state index in [1.807, 2.05) is 11.3 Å². The normalized spacial score (nSPS) is 12.7. The number of rotatable bonds is 9. The van der Waals surface area contributed by atoms with Crippen molar-refractivity contribution >= 4 is 11.3 Å². The molecule has 0 aliphatic rings. The van der Waals surface area contributed by atoms with E-state index in [0.717, 1.165) is 32.6 Å². The first-order valence-corrected chi connectivity index (χ1v) is 8.74. The first-order chi connectivity index (χ1) is 10.3. The quantitative estimate of drug-likeness (QED) is 0.742. The fraction of sp³-hybridized carbons (Fsp3) is 0.444. The molecule has 1 heterocycles. The number of nitrogens with zero attached hydrogens (tertiary/aromatic N) is 1. The van der Waals surface area contributed by atoms with Crippen LogP contribution in [0.25, 0.3) is 0 Å². The van der Waals surface area contributed by atoms with Gasteiger partial charge >= 0.3 is 0 Å². The fourth-order valence-electron chi connectivity index (χ4n) is 2.60. The zero-order valence-corrected chi connectivity index (χ0v) is 13.9. The van der Waals surface area contributed by atoms with Gasteiger partial charge in [-0.2, -0.15) is 0 Å². The number of hydrogen-bond acceptors (Lipinski definition) is 3. The molecule has 0 saturated heterocycles. The van der Waals surface area contributed by atoms with Gasteiger partial charge in [-0.3, -0.25) is 4.90 Å². The second-order valence-corrected chi connectivity index (χ2v) is 6.29. The van der Waals surface area contributed by atoms with Gasteiger partial charge in [0, 0.05) is 24.0 Å². The van der Waals surface area contributed by atoms with E-state index < -0.39 is 0 Å². The smallest absolute Gasteiger partial charge is 0.0332 e. The predicted molar refractivity (Wildman–Crippen MR) is 92.7 cm³/mol. The highest BCUT2D eigenvalue weighted by Crippen LogP contribution is 2.18. The maximum absolute atomic E-state index is 3.61. The van der Waals surface area contributed by atoms with E-state index in [-0.39, 0.29) is 0 Å². The largest absolute Gasteiger partial charge is 0.310 e. The lowest BCUT2D eigenvalue weighted by atomic mass is 10.0. The maximum Gasteiger partial charge on any atom is 0.0332 e. The molecule has 0 spiro atoms. The Kier molecular flexibility index (Phi) is 6.93. The molecule has 1 N–H and O–H groups in total. The van der Waals surface area contributed by atoms with Gasteiger partial charge in [0.05, 0.1) is 0 Å². The summed E-state index contributed by atoms with van der Waals surface area (Å²) >= 11 is 1.85. The van der Waals surface area contributed by atoms with Gasteiger partial charge in [-0.1, -0.05) is 50.2 Å². The molecule has 2 rings (SSSR count). The standard InChI is InChI=1S/C18H26N2S/c1-3-19-18(16-9-6-5-7-10-16)12-13-20(4-2)15-17-11-8-14-21-17/h5-11,14,18-19H,3-4,12-13,15H2,1-2H3. The van der Waals surface area contributed by atoms with Crippen molar-refractivity contribution in [1.82, 2.24) is 10.2 Å². The number of thiophene rings is 1. The van der Waals surface area contributed by atoms with Crippen molar-refractivity contribution in [3.05, 3.63) is 58.3 Å². The molecule has 0 bridgehead atoms. The second-order valence-electron chi connectivity index (χ2n) is 5.26. The van der Waals surface area contributed by atoms with Gasteiger partial charge in [0.15, 0.2) is 0 Å². The number of nitrogens with one attached hydrogen (secondary N) is 1. The third kappa shape index (κ3) is 5.27. The second kappa shape index (κ2) is 8.98. The van der Waals surface area contributed by atoms with Gasteiger partial charge in [0.2, 0.25) is 0 Å². The Morgan fingerprint density at radius 1 is 1.10 bits per heavy atom. The summed E-state index contributed by atoms with van der Waals surface area (Å²) in [5.74, 6) is 0. The molecule has 1 aromatic carbocycles. The molecule has 0 radical (unpaired) electrons. The van der Waals surface area contributed by atoms with E-state index in [4.69, 9.17) is 0 Å². The van der Waals surface area contributed by atoms with Crippen LogP contribution in [0, 0.1) is 0 Å². The first-order valence-electron chi connectivity index (χ1n) is 7.86. The van der Waals surface area contributed by atoms with E-state index in [1.165, 1.54) is 10.4 Å². The zero-order valence-electron chi connectivity index (χ0n) is 13.1. The molecule has 0 aliphatic heterocycles. The van der Waals surface area contributed by atoms with Crippen LogP contribution in [0.15, 0.2) is 47.8 Å². The molecule has 2 nitrogen and oxygen atoms in total. The van der Waals surface area contributed by atoms with Crippen LogP contribution in [0.5, 0.6) is 0 Å². The molecule has 114 valence electrons. The molecule has 1 aromatic heterocycles. The summed E-state index contributed by atoms with van der Waals surface area (Å²) in [4.78, 5) is 3.98. The van der Waals surface area contributed by atoms with E-state index in [2.05, 4.69) is 71.9 Å². The summed E-state index contributed by atoms with van der Waals surface area (Å²) in [7, 11) is 0. The first kappa shape index (κ1) is 16.2. The summed E-state index contributed by atoms with van der Waals surface area (Å²) in [6.45, 7) is 8.74. The van der Waals surface area contributed by atoms with Crippen LogP contribution < -0.4 is 5.32 Å². The van der Waals surface area contributed by atoms with E-state index >= 15 is 0 Å². The van der Waals surface area contributed by atoms with Gasteiger partial charge < -0.3 is 5.32 Å². The van der Waals surface area contributed by atoms with Crippen molar-refractivity contribution in [2.75, 3.05) is 19.6 Å². The topological polar surface area (TPSA) is 15.3 Å². The van der Waals surface area contributed by atoms with Crippen LogP contribution >= 0.6 is 11.3 Å². The maximum atomic E-state index is 3.61. The molecule has 0 fully saturated rings. The SMILES string of the molecule is CCNC(CCN(CC)Cc1cccs1)c1ccccc1. The average molecular weight is 302 g/mol. The Hall–Kier alpha value is -1.16. The minimum Gasteiger partial charge on any atom is -0.310 e. The van der Waals surface area contributed by atoms with E-state index in [0.29, 0.717) is 6.04 Å². The van der Waals surface area contributed by atoms with Gasteiger partial charge in [-0.15, -0.1) is 11.3 Å². The van der Waals surface area contributed by atoms with Crippen LogP contribution in [0.3, 0.4) is 0 Å². The molecule has 3 heteroatoms. The Morgan fingerprint density at radius 3 is 2.52 bits per heavy atom. The third-order valence-electron chi connectivity index (χ3n) is 3.79. The van der Waals surface area contributed by atoms with E-state index in [1.54, 1.807) is 0 Å². The van der Waals surface area contributed by atoms with Gasteiger partial charge in [0.1, 0.15) is 0 Å². The Morgan fingerprint density at radius 2 is 1.90 bits per heavy atom. The lowest BCUT2D eigenvalue weighted by Gasteiger charge is -2.24. The highest BCUT2D eigenvalue weighted by atomic mass is 32.1. The minimum atomic E-state index is 0.452. The zero-order chi connectivity index (χ0) is 14.9. The average Bonchev–Trinajstić information content (AvgIpc) is 3.04. The van der Waals surface area contributed by atoms with Gasteiger partial charge in [-0.25, -0.2) is 0 Å². The minimum absolute atomic E-state index is 0.452. The molecule has 0 aliphatic carbocycles. The molecule has 0 saturated carbocycles.